The zero-order chi connectivity index (χ0) is 13.7. The van der Waals surface area contributed by atoms with Crippen molar-refractivity contribution >= 4 is 11.9 Å². The summed E-state index contributed by atoms with van der Waals surface area (Å²) < 4.78 is 0. The number of phenolic OH excluding ortho intramolecular Hbond substituents is 1. The highest BCUT2D eigenvalue weighted by Crippen LogP contribution is 2.15. The number of carbonyl (C=O) groups excluding carboxylic acids is 1. The molecule has 0 aliphatic heterocycles. The van der Waals surface area contributed by atoms with Crippen LogP contribution in [-0.4, -0.2) is 28.1 Å². The van der Waals surface area contributed by atoms with Gasteiger partial charge in [-0.3, -0.25) is 4.79 Å². The number of amides is 1. The molecule has 0 spiro atoms. The number of phenols is 1. The summed E-state index contributed by atoms with van der Waals surface area (Å²) in [5.74, 6) is -1.58. The maximum Gasteiger partial charge on any atom is 0.326 e. The van der Waals surface area contributed by atoms with Crippen LogP contribution < -0.4 is 11.1 Å². The quantitative estimate of drug-likeness (QED) is 0.604. The summed E-state index contributed by atoms with van der Waals surface area (Å²) in [6, 6.07) is 3.95. The number of aromatic hydroxyl groups is 1. The van der Waals surface area contributed by atoms with Crippen molar-refractivity contribution in [1.29, 1.82) is 0 Å². The van der Waals surface area contributed by atoms with Crippen molar-refractivity contribution in [2.24, 2.45) is 5.73 Å². The smallest absolute Gasteiger partial charge is 0.326 e. The average molecular weight is 252 g/mol. The molecule has 98 valence electrons. The van der Waals surface area contributed by atoms with Crippen LogP contribution in [0.5, 0.6) is 5.75 Å². The van der Waals surface area contributed by atoms with E-state index in [1.54, 1.807) is 6.92 Å². The Morgan fingerprint density at radius 3 is 2.33 bits per heavy atom. The topological polar surface area (TPSA) is 113 Å². The summed E-state index contributed by atoms with van der Waals surface area (Å²) >= 11 is 0. The van der Waals surface area contributed by atoms with Gasteiger partial charge in [-0.15, -0.1) is 0 Å². The van der Waals surface area contributed by atoms with Gasteiger partial charge in [-0.25, -0.2) is 4.79 Å². The molecule has 0 aliphatic rings. The molecule has 0 unspecified atom stereocenters. The van der Waals surface area contributed by atoms with Gasteiger partial charge in [0.15, 0.2) is 0 Å². The molecule has 0 radical (unpaired) electrons. The van der Waals surface area contributed by atoms with Crippen molar-refractivity contribution in [2.75, 3.05) is 0 Å². The molecule has 0 aliphatic carbocycles. The number of benzene rings is 1. The van der Waals surface area contributed by atoms with E-state index in [9.17, 15) is 9.59 Å². The van der Waals surface area contributed by atoms with Crippen LogP contribution in [0.2, 0.25) is 0 Å². The molecule has 6 heteroatoms. The number of hydrogen-bond donors (Lipinski definition) is 4. The molecule has 1 rings (SSSR count). The van der Waals surface area contributed by atoms with E-state index in [-0.39, 0.29) is 12.2 Å². The van der Waals surface area contributed by atoms with Crippen LogP contribution in [0.15, 0.2) is 24.3 Å². The van der Waals surface area contributed by atoms with Crippen LogP contribution in [-0.2, 0) is 9.59 Å². The Morgan fingerprint density at radius 1 is 1.33 bits per heavy atom. The van der Waals surface area contributed by atoms with Gasteiger partial charge in [-0.05, 0) is 24.1 Å². The number of carboxylic acids is 1. The molecular formula is C12H16N2O4. The molecule has 1 amide bonds. The molecule has 0 saturated carbocycles. The Balaban J connectivity index is 2.72. The third kappa shape index (κ3) is 3.46. The summed E-state index contributed by atoms with van der Waals surface area (Å²) in [4.78, 5) is 22.5. The van der Waals surface area contributed by atoms with E-state index in [2.05, 4.69) is 5.32 Å². The molecule has 2 atom stereocenters. The third-order valence-corrected chi connectivity index (χ3v) is 2.56. The monoisotopic (exact) mass is 252 g/mol. The minimum atomic E-state index is -1.09. The first kappa shape index (κ1) is 14.0. The van der Waals surface area contributed by atoms with E-state index in [1.807, 2.05) is 0 Å². The molecule has 5 N–H and O–H groups in total. The molecule has 0 heterocycles. The third-order valence-electron chi connectivity index (χ3n) is 2.56. The van der Waals surface area contributed by atoms with Gasteiger partial charge in [0.05, 0.1) is 0 Å². The lowest BCUT2D eigenvalue weighted by Gasteiger charge is -2.16. The summed E-state index contributed by atoms with van der Waals surface area (Å²) in [7, 11) is 0. The van der Waals surface area contributed by atoms with Crippen molar-refractivity contribution in [2.45, 2.75) is 25.4 Å². The summed E-state index contributed by atoms with van der Waals surface area (Å²) in [5.41, 5.74) is 6.21. The zero-order valence-electron chi connectivity index (χ0n) is 9.96. The first-order valence-electron chi connectivity index (χ1n) is 5.53. The number of nitrogens with two attached hydrogens (primary N) is 1. The molecule has 0 aromatic heterocycles. The molecule has 0 bridgehead atoms. The van der Waals surface area contributed by atoms with Gasteiger partial charge in [0.25, 0.3) is 0 Å². The Hall–Kier alpha value is -2.08. The number of rotatable bonds is 5. The lowest BCUT2D eigenvalue weighted by atomic mass is 10.1. The van der Waals surface area contributed by atoms with Gasteiger partial charge in [-0.1, -0.05) is 19.1 Å². The Kier molecular flexibility index (Phi) is 4.67. The minimum Gasteiger partial charge on any atom is -0.508 e. The van der Waals surface area contributed by atoms with E-state index in [1.165, 1.54) is 24.3 Å². The van der Waals surface area contributed by atoms with Crippen molar-refractivity contribution in [3.8, 4) is 5.75 Å². The van der Waals surface area contributed by atoms with Crippen LogP contribution in [0, 0.1) is 0 Å². The number of hydrogen-bond acceptors (Lipinski definition) is 4. The predicted molar refractivity (Wildman–Crippen MR) is 64.9 cm³/mol. The molecule has 18 heavy (non-hydrogen) atoms. The molecule has 1 aromatic rings. The number of carboxylic acid groups (broad SMARTS) is 1. The fraction of sp³-hybridized carbons (Fsp3) is 0.333. The Labute approximate surface area is 104 Å². The van der Waals surface area contributed by atoms with E-state index in [0.717, 1.165) is 0 Å². The number of carbonyl (C=O) groups is 2. The molecule has 6 nitrogen and oxygen atoms in total. The SMILES string of the molecule is CC[C@H](NC(=O)[C@H](N)c1ccc(O)cc1)C(=O)O. The van der Waals surface area contributed by atoms with Gasteiger partial charge < -0.3 is 21.3 Å². The normalized spacial score (nSPS) is 13.7. The van der Waals surface area contributed by atoms with Gasteiger partial charge >= 0.3 is 5.97 Å². The van der Waals surface area contributed by atoms with E-state index >= 15 is 0 Å². The average Bonchev–Trinajstić information content (AvgIpc) is 2.35. The molecule has 1 aromatic carbocycles. The van der Waals surface area contributed by atoms with Crippen LogP contribution in [0.1, 0.15) is 24.9 Å². The first-order chi connectivity index (χ1) is 8.45. The summed E-state index contributed by atoms with van der Waals surface area (Å²) in [5, 5.41) is 20.3. The van der Waals surface area contributed by atoms with E-state index in [4.69, 9.17) is 15.9 Å². The highest BCUT2D eigenvalue weighted by Gasteiger charge is 2.22. The van der Waals surface area contributed by atoms with Crippen molar-refractivity contribution in [3.63, 3.8) is 0 Å². The summed E-state index contributed by atoms with van der Waals surface area (Å²) in [6.07, 6.45) is 0.281. The predicted octanol–water partition coefficient (Wildman–Crippen LogP) is 0.371. The van der Waals surface area contributed by atoms with Crippen LogP contribution in [0.25, 0.3) is 0 Å². The lowest BCUT2D eigenvalue weighted by molar-refractivity contribution is -0.142. The lowest BCUT2D eigenvalue weighted by Crippen LogP contribution is -2.44. The highest BCUT2D eigenvalue weighted by molar-refractivity contribution is 5.87. The fourth-order valence-electron chi connectivity index (χ4n) is 1.43. The van der Waals surface area contributed by atoms with E-state index < -0.39 is 24.0 Å². The van der Waals surface area contributed by atoms with Gasteiger partial charge in [-0.2, -0.15) is 0 Å². The maximum absolute atomic E-state index is 11.7. The van der Waals surface area contributed by atoms with Crippen molar-refractivity contribution in [3.05, 3.63) is 29.8 Å². The van der Waals surface area contributed by atoms with Crippen molar-refractivity contribution < 1.29 is 19.8 Å². The van der Waals surface area contributed by atoms with Gasteiger partial charge in [0.2, 0.25) is 5.91 Å². The number of aliphatic carboxylic acids is 1. The second kappa shape index (κ2) is 6.02. The summed E-state index contributed by atoms with van der Waals surface area (Å²) in [6.45, 7) is 1.66. The second-order valence-corrected chi connectivity index (χ2v) is 3.88. The first-order valence-corrected chi connectivity index (χ1v) is 5.53. The minimum absolute atomic E-state index is 0.0725. The van der Waals surface area contributed by atoms with Crippen LogP contribution in [0.4, 0.5) is 0 Å². The fourth-order valence-corrected chi connectivity index (χ4v) is 1.43. The maximum atomic E-state index is 11.7. The standard InChI is InChI=1S/C12H16N2O4/c1-2-9(12(17)18)14-11(16)10(13)7-3-5-8(15)6-4-7/h3-6,9-10,15H,2,13H2,1H3,(H,14,16)(H,17,18)/t9-,10+/m0/s1. The number of nitrogens with one attached hydrogen (secondary N) is 1. The molecule has 0 fully saturated rings. The second-order valence-electron chi connectivity index (χ2n) is 3.88. The molecular weight excluding hydrogens is 236 g/mol. The van der Waals surface area contributed by atoms with E-state index in [0.29, 0.717) is 5.56 Å². The Bertz CT molecular complexity index is 430. The largest absolute Gasteiger partial charge is 0.508 e. The van der Waals surface area contributed by atoms with Gasteiger partial charge in [0, 0.05) is 0 Å². The molecule has 0 saturated heterocycles. The van der Waals surface area contributed by atoms with Gasteiger partial charge in [0.1, 0.15) is 17.8 Å². The Morgan fingerprint density at radius 2 is 1.89 bits per heavy atom. The zero-order valence-corrected chi connectivity index (χ0v) is 9.96. The van der Waals surface area contributed by atoms with Crippen LogP contribution in [0.3, 0.4) is 0 Å². The van der Waals surface area contributed by atoms with Crippen LogP contribution >= 0.6 is 0 Å². The highest BCUT2D eigenvalue weighted by atomic mass is 16.4. The van der Waals surface area contributed by atoms with Crippen molar-refractivity contribution in [1.82, 2.24) is 5.32 Å².